The number of nitrogens with zero attached hydrogens (tertiary/aromatic N) is 1. The number of carbonyl (C=O) groups is 2. The van der Waals surface area contributed by atoms with Gasteiger partial charge >= 0.3 is 5.97 Å². The fourth-order valence-corrected chi connectivity index (χ4v) is 2.57. The van der Waals surface area contributed by atoms with Crippen molar-refractivity contribution >= 4 is 39.6 Å². The Morgan fingerprint density at radius 1 is 1.29 bits per heavy atom. The highest BCUT2D eigenvalue weighted by Crippen LogP contribution is 2.23. The van der Waals surface area contributed by atoms with Gasteiger partial charge in [0.15, 0.2) is 0 Å². The summed E-state index contributed by atoms with van der Waals surface area (Å²) in [6, 6.07) is 3.03. The third kappa shape index (κ3) is 2.69. The van der Waals surface area contributed by atoms with Crippen molar-refractivity contribution < 1.29 is 14.7 Å². The van der Waals surface area contributed by atoms with E-state index in [9.17, 15) is 9.59 Å². The highest BCUT2D eigenvalue weighted by Gasteiger charge is 2.12. The Bertz CT molecular complexity index is 574. The number of aromatic nitrogens is 1. The van der Waals surface area contributed by atoms with Crippen molar-refractivity contribution in [3.8, 4) is 0 Å². The van der Waals surface area contributed by atoms with E-state index in [2.05, 4.69) is 10.3 Å². The molecule has 88 valence electrons. The van der Waals surface area contributed by atoms with Gasteiger partial charge < -0.3 is 10.4 Å². The summed E-state index contributed by atoms with van der Waals surface area (Å²) in [7, 11) is 0. The van der Waals surface area contributed by atoms with Crippen LogP contribution in [0.2, 0.25) is 0 Å². The minimum absolute atomic E-state index is 0.195. The van der Waals surface area contributed by atoms with Crippen LogP contribution in [0.4, 0.5) is 5.00 Å². The fourth-order valence-electron chi connectivity index (χ4n) is 1.16. The number of amides is 1. The molecule has 0 aromatic carbocycles. The van der Waals surface area contributed by atoms with E-state index < -0.39 is 5.97 Å². The van der Waals surface area contributed by atoms with E-state index in [0.717, 1.165) is 16.3 Å². The average Bonchev–Trinajstić information content (AvgIpc) is 2.86. The van der Waals surface area contributed by atoms with E-state index in [4.69, 9.17) is 5.11 Å². The van der Waals surface area contributed by atoms with Gasteiger partial charge in [-0.3, -0.25) is 4.79 Å². The van der Waals surface area contributed by atoms with Crippen molar-refractivity contribution in [2.24, 2.45) is 0 Å². The maximum Gasteiger partial charge on any atom is 0.345 e. The number of carboxylic acids is 1. The van der Waals surface area contributed by atoms with Gasteiger partial charge in [-0.1, -0.05) is 0 Å². The predicted molar refractivity (Wildman–Crippen MR) is 66.1 cm³/mol. The number of carbonyl (C=O) groups excluding carboxylic acids is 1. The molecule has 5 nitrogen and oxygen atoms in total. The lowest BCUT2D eigenvalue weighted by Gasteiger charge is -1.97. The molecule has 2 rings (SSSR count). The molecule has 0 saturated carbocycles. The van der Waals surface area contributed by atoms with Crippen LogP contribution >= 0.6 is 22.7 Å². The van der Waals surface area contributed by atoms with Crippen LogP contribution in [0.1, 0.15) is 24.4 Å². The summed E-state index contributed by atoms with van der Waals surface area (Å²) >= 11 is 2.32. The minimum atomic E-state index is -0.996. The molecule has 0 aliphatic carbocycles. The van der Waals surface area contributed by atoms with Crippen LogP contribution in [0, 0.1) is 6.92 Å². The number of nitrogens with one attached hydrogen (secondary N) is 1. The molecule has 0 aliphatic heterocycles. The zero-order chi connectivity index (χ0) is 12.4. The van der Waals surface area contributed by atoms with Gasteiger partial charge in [0.25, 0.3) is 5.91 Å². The highest BCUT2D eigenvalue weighted by atomic mass is 32.1. The Balaban J connectivity index is 2.10. The third-order valence-electron chi connectivity index (χ3n) is 1.90. The third-order valence-corrected chi connectivity index (χ3v) is 3.80. The Morgan fingerprint density at radius 2 is 2.06 bits per heavy atom. The lowest BCUT2D eigenvalue weighted by Crippen LogP contribution is -2.08. The smallest absolute Gasteiger partial charge is 0.345 e. The van der Waals surface area contributed by atoms with Gasteiger partial charge in [0.2, 0.25) is 0 Å². The maximum atomic E-state index is 11.7. The Hall–Kier alpha value is -1.73. The van der Waals surface area contributed by atoms with E-state index in [1.807, 2.05) is 6.92 Å². The number of anilines is 1. The quantitative estimate of drug-likeness (QED) is 0.896. The molecular weight excluding hydrogens is 260 g/mol. The normalized spacial score (nSPS) is 10.2. The van der Waals surface area contributed by atoms with Crippen LogP contribution in [0.15, 0.2) is 18.3 Å². The molecule has 0 aliphatic rings. The molecule has 2 aromatic heterocycles. The summed E-state index contributed by atoms with van der Waals surface area (Å²) in [4.78, 5) is 27.1. The van der Waals surface area contributed by atoms with E-state index >= 15 is 0 Å². The number of thiophene rings is 1. The van der Waals surface area contributed by atoms with Gasteiger partial charge in [-0.15, -0.1) is 22.7 Å². The molecule has 0 bridgehead atoms. The lowest BCUT2D eigenvalue weighted by molar-refractivity contribution is 0.0702. The number of carboxylic acid groups (broad SMARTS) is 1. The molecule has 0 saturated heterocycles. The lowest BCUT2D eigenvalue weighted by atomic mass is 10.4. The minimum Gasteiger partial charge on any atom is -0.477 e. The van der Waals surface area contributed by atoms with Crippen molar-refractivity contribution in [1.29, 1.82) is 0 Å². The molecule has 0 atom stereocenters. The molecular formula is C10H8N2O3S2. The van der Waals surface area contributed by atoms with E-state index in [-0.39, 0.29) is 10.8 Å². The molecule has 2 heterocycles. The van der Waals surface area contributed by atoms with E-state index in [1.165, 1.54) is 23.6 Å². The molecule has 2 N–H and O–H groups in total. The predicted octanol–water partition coefficient (Wildman–Crippen LogP) is 2.46. The molecule has 0 unspecified atom stereocenters. The molecule has 1 amide bonds. The van der Waals surface area contributed by atoms with Crippen LogP contribution in [0.5, 0.6) is 0 Å². The summed E-state index contributed by atoms with van der Waals surface area (Å²) in [6.45, 7) is 1.81. The standard InChI is InChI=1S/C10H8N2O3S2/c1-5-11-4-7(16-5)9(13)12-8-3-2-6(17-8)10(14)15/h2-4H,1H3,(H,12,13)(H,14,15). The zero-order valence-corrected chi connectivity index (χ0v) is 10.4. The summed E-state index contributed by atoms with van der Waals surface area (Å²) in [5.41, 5.74) is 0. The maximum absolute atomic E-state index is 11.7. The number of rotatable bonds is 3. The van der Waals surface area contributed by atoms with Crippen molar-refractivity contribution in [1.82, 2.24) is 4.98 Å². The number of hydrogen-bond donors (Lipinski definition) is 2. The number of aromatic carboxylic acids is 1. The second-order valence-electron chi connectivity index (χ2n) is 3.17. The van der Waals surface area contributed by atoms with Gasteiger partial charge in [0.05, 0.1) is 16.2 Å². The molecule has 0 radical (unpaired) electrons. The zero-order valence-electron chi connectivity index (χ0n) is 8.76. The summed E-state index contributed by atoms with van der Waals surface area (Å²) in [5, 5.41) is 12.7. The molecule has 2 aromatic rings. The summed E-state index contributed by atoms with van der Waals surface area (Å²) < 4.78 is 0. The van der Waals surface area contributed by atoms with E-state index in [0.29, 0.717) is 9.88 Å². The van der Waals surface area contributed by atoms with Crippen molar-refractivity contribution in [3.05, 3.63) is 33.1 Å². The van der Waals surface area contributed by atoms with Crippen molar-refractivity contribution in [3.63, 3.8) is 0 Å². The largest absolute Gasteiger partial charge is 0.477 e. The second-order valence-corrected chi connectivity index (χ2v) is 5.49. The first-order valence-electron chi connectivity index (χ1n) is 4.63. The van der Waals surface area contributed by atoms with Crippen LogP contribution < -0.4 is 5.32 Å². The average molecular weight is 268 g/mol. The second kappa shape index (κ2) is 4.64. The molecule has 17 heavy (non-hydrogen) atoms. The first-order valence-corrected chi connectivity index (χ1v) is 6.26. The SMILES string of the molecule is Cc1ncc(C(=O)Nc2ccc(C(=O)O)s2)s1. The molecule has 0 fully saturated rings. The van der Waals surface area contributed by atoms with Crippen molar-refractivity contribution in [2.45, 2.75) is 6.92 Å². The molecule has 7 heteroatoms. The fraction of sp³-hybridized carbons (Fsp3) is 0.100. The van der Waals surface area contributed by atoms with Gasteiger partial charge in [-0.2, -0.15) is 0 Å². The monoisotopic (exact) mass is 268 g/mol. The Labute approximate surface area is 105 Å². The topological polar surface area (TPSA) is 79.3 Å². The van der Waals surface area contributed by atoms with Crippen LogP contribution in [-0.4, -0.2) is 22.0 Å². The first-order chi connectivity index (χ1) is 8.06. The van der Waals surface area contributed by atoms with Gasteiger partial charge in [0.1, 0.15) is 9.75 Å². The Morgan fingerprint density at radius 3 is 2.59 bits per heavy atom. The van der Waals surface area contributed by atoms with Gasteiger partial charge in [-0.25, -0.2) is 9.78 Å². The van der Waals surface area contributed by atoms with Crippen LogP contribution in [0.25, 0.3) is 0 Å². The van der Waals surface area contributed by atoms with Gasteiger partial charge in [0, 0.05) is 0 Å². The Kier molecular flexibility index (Phi) is 3.21. The number of aryl methyl sites for hydroxylation is 1. The molecule has 0 spiro atoms. The summed E-state index contributed by atoms with van der Waals surface area (Å²) in [5.74, 6) is -1.27. The van der Waals surface area contributed by atoms with E-state index in [1.54, 1.807) is 6.07 Å². The summed E-state index contributed by atoms with van der Waals surface area (Å²) in [6.07, 6.45) is 1.50. The van der Waals surface area contributed by atoms with Gasteiger partial charge in [-0.05, 0) is 19.1 Å². The highest BCUT2D eigenvalue weighted by molar-refractivity contribution is 7.18. The number of hydrogen-bond acceptors (Lipinski definition) is 5. The van der Waals surface area contributed by atoms with Crippen LogP contribution in [0.3, 0.4) is 0 Å². The first kappa shape index (κ1) is 11.7. The van der Waals surface area contributed by atoms with Crippen LogP contribution in [-0.2, 0) is 0 Å². The van der Waals surface area contributed by atoms with Crippen molar-refractivity contribution in [2.75, 3.05) is 5.32 Å². The number of thiazole rings is 1.